The molecule has 2 aromatic heterocycles. The zero-order chi connectivity index (χ0) is 17.3. The predicted molar refractivity (Wildman–Crippen MR) is 91.4 cm³/mol. The van der Waals surface area contributed by atoms with Crippen LogP contribution in [0.25, 0.3) is 0 Å². The lowest BCUT2D eigenvalue weighted by Gasteiger charge is -2.24. The molecule has 1 atom stereocenters. The zero-order valence-corrected chi connectivity index (χ0v) is 14.0. The molecule has 0 spiro atoms. The summed E-state index contributed by atoms with van der Waals surface area (Å²) in [7, 11) is 0. The summed E-state index contributed by atoms with van der Waals surface area (Å²) in [6, 6.07) is 0. The summed E-state index contributed by atoms with van der Waals surface area (Å²) in [5, 5.41) is 20.8. The van der Waals surface area contributed by atoms with Crippen LogP contribution in [0.15, 0.2) is 18.6 Å². The number of aromatic nitrogens is 4. The second kappa shape index (κ2) is 6.44. The number of carbonyl (C=O) groups excluding carboxylic acids is 1. The standard InChI is InChI=1S/C17H22N6O2/c24-16(15-12-3-1-2-4-13(12)21-22-15)20-10-17(25)5-8-23(11-17)14-9-18-6-7-19-14/h6-7,9,25H,1-5,8,10-11H2,(H,20,24)(H,21,22)/t17-/m1/s1. The van der Waals surface area contributed by atoms with Gasteiger partial charge in [0.15, 0.2) is 5.69 Å². The van der Waals surface area contributed by atoms with Gasteiger partial charge in [-0.05, 0) is 32.1 Å². The van der Waals surface area contributed by atoms with Crippen LogP contribution in [-0.2, 0) is 12.8 Å². The van der Waals surface area contributed by atoms with Crippen molar-refractivity contribution in [2.75, 3.05) is 24.5 Å². The number of H-pyrrole nitrogens is 1. The molecule has 3 heterocycles. The SMILES string of the molecule is O=C(NC[C@]1(O)CCN(c2cnccn2)C1)c1n[nH]c2c1CCCC2. The number of hydrogen-bond donors (Lipinski definition) is 3. The Morgan fingerprint density at radius 2 is 2.24 bits per heavy atom. The van der Waals surface area contributed by atoms with Gasteiger partial charge in [0.05, 0.1) is 6.20 Å². The van der Waals surface area contributed by atoms with Gasteiger partial charge >= 0.3 is 0 Å². The first kappa shape index (κ1) is 16.0. The van der Waals surface area contributed by atoms with E-state index in [0.717, 1.165) is 42.8 Å². The van der Waals surface area contributed by atoms with Gasteiger partial charge in [-0.15, -0.1) is 0 Å². The van der Waals surface area contributed by atoms with Crippen molar-refractivity contribution < 1.29 is 9.90 Å². The van der Waals surface area contributed by atoms with Crippen LogP contribution >= 0.6 is 0 Å². The molecule has 4 rings (SSSR count). The summed E-state index contributed by atoms with van der Waals surface area (Å²) in [4.78, 5) is 22.8. The van der Waals surface area contributed by atoms with Gasteiger partial charge in [0.25, 0.3) is 5.91 Å². The van der Waals surface area contributed by atoms with Crippen molar-refractivity contribution >= 4 is 11.7 Å². The summed E-state index contributed by atoms with van der Waals surface area (Å²) >= 11 is 0. The molecule has 0 radical (unpaired) electrons. The highest BCUT2D eigenvalue weighted by atomic mass is 16.3. The minimum Gasteiger partial charge on any atom is -0.386 e. The summed E-state index contributed by atoms with van der Waals surface area (Å²) in [5.74, 6) is 0.525. The van der Waals surface area contributed by atoms with Crippen molar-refractivity contribution in [3.63, 3.8) is 0 Å². The maximum Gasteiger partial charge on any atom is 0.272 e. The fourth-order valence-corrected chi connectivity index (χ4v) is 3.65. The minimum absolute atomic E-state index is 0.199. The Bertz CT molecular complexity index is 762. The predicted octanol–water partition coefficient (Wildman–Crippen LogP) is 0.450. The molecule has 2 aromatic rings. The lowest BCUT2D eigenvalue weighted by atomic mass is 9.95. The van der Waals surface area contributed by atoms with E-state index in [1.807, 2.05) is 4.90 Å². The fraction of sp³-hybridized carbons (Fsp3) is 0.529. The molecule has 25 heavy (non-hydrogen) atoms. The first-order valence-corrected chi connectivity index (χ1v) is 8.72. The number of nitrogens with zero attached hydrogens (tertiary/aromatic N) is 4. The average molecular weight is 342 g/mol. The van der Waals surface area contributed by atoms with Crippen LogP contribution in [0.2, 0.25) is 0 Å². The molecule has 1 amide bonds. The summed E-state index contributed by atoms with van der Waals surface area (Å²) in [5.41, 5.74) is 1.61. The highest BCUT2D eigenvalue weighted by Crippen LogP contribution is 2.25. The molecule has 8 nitrogen and oxygen atoms in total. The van der Waals surface area contributed by atoms with Crippen LogP contribution in [0.5, 0.6) is 0 Å². The Balaban J connectivity index is 1.38. The normalized spacial score (nSPS) is 22.7. The number of aryl methyl sites for hydroxylation is 1. The molecule has 3 N–H and O–H groups in total. The molecule has 0 bridgehead atoms. The highest BCUT2D eigenvalue weighted by molar-refractivity contribution is 5.94. The van der Waals surface area contributed by atoms with E-state index < -0.39 is 5.60 Å². The molecule has 0 unspecified atom stereocenters. The summed E-state index contributed by atoms with van der Waals surface area (Å²) < 4.78 is 0. The monoisotopic (exact) mass is 342 g/mol. The first-order chi connectivity index (χ1) is 12.1. The van der Waals surface area contributed by atoms with Crippen molar-refractivity contribution in [1.82, 2.24) is 25.5 Å². The van der Waals surface area contributed by atoms with Gasteiger partial charge in [0.1, 0.15) is 11.4 Å². The number of amides is 1. The molecule has 1 saturated heterocycles. The third-order valence-corrected chi connectivity index (χ3v) is 5.06. The zero-order valence-electron chi connectivity index (χ0n) is 14.0. The van der Waals surface area contributed by atoms with Gasteiger partial charge < -0.3 is 15.3 Å². The van der Waals surface area contributed by atoms with Crippen LogP contribution in [0.1, 0.15) is 41.0 Å². The molecule has 1 aliphatic carbocycles. The lowest BCUT2D eigenvalue weighted by molar-refractivity contribution is 0.0573. The Hall–Kier alpha value is -2.48. The van der Waals surface area contributed by atoms with Gasteiger partial charge in [0.2, 0.25) is 0 Å². The van der Waals surface area contributed by atoms with Crippen molar-refractivity contribution in [3.05, 3.63) is 35.5 Å². The maximum atomic E-state index is 12.5. The van der Waals surface area contributed by atoms with Crippen LogP contribution in [-0.4, -0.2) is 56.4 Å². The molecule has 1 fully saturated rings. The van der Waals surface area contributed by atoms with Gasteiger partial charge in [-0.1, -0.05) is 0 Å². The number of rotatable bonds is 4. The number of nitrogens with one attached hydrogen (secondary N) is 2. The number of fused-ring (bicyclic) bond motifs is 1. The highest BCUT2D eigenvalue weighted by Gasteiger charge is 2.37. The van der Waals surface area contributed by atoms with E-state index in [1.165, 1.54) is 0 Å². The van der Waals surface area contributed by atoms with Gasteiger partial charge in [0, 0.05) is 43.3 Å². The first-order valence-electron chi connectivity index (χ1n) is 8.72. The largest absolute Gasteiger partial charge is 0.386 e. The average Bonchev–Trinajstić information content (AvgIpc) is 3.25. The third kappa shape index (κ3) is 3.21. The van der Waals surface area contributed by atoms with E-state index in [9.17, 15) is 9.90 Å². The molecule has 1 aliphatic heterocycles. The minimum atomic E-state index is -0.969. The van der Waals surface area contributed by atoms with E-state index in [1.54, 1.807) is 18.6 Å². The van der Waals surface area contributed by atoms with Gasteiger partial charge in [-0.3, -0.25) is 14.9 Å². The van der Waals surface area contributed by atoms with E-state index >= 15 is 0 Å². The number of carbonyl (C=O) groups is 1. The fourth-order valence-electron chi connectivity index (χ4n) is 3.65. The van der Waals surface area contributed by atoms with Crippen molar-refractivity contribution in [1.29, 1.82) is 0 Å². The maximum absolute atomic E-state index is 12.5. The Labute approximate surface area is 145 Å². The molecule has 0 aromatic carbocycles. The van der Waals surface area contributed by atoms with E-state index in [4.69, 9.17) is 0 Å². The molecule has 2 aliphatic rings. The second-order valence-corrected chi connectivity index (χ2v) is 6.88. The van der Waals surface area contributed by atoms with Gasteiger partial charge in [-0.2, -0.15) is 5.10 Å². The third-order valence-electron chi connectivity index (χ3n) is 5.06. The second-order valence-electron chi connectivity index (χ2n) is 6.88. The molecular formula is C17H22N6O2. The number of aromatic amines is 1. The van der Waals surface area contributed by atoms with Gasteiger partial charge in [-0.25, -0.2) is 4.98 Å². The summed E-state index contributed by atoms with van der Waals surface area (Å²) in [6.07, 6.45) is 9.57. The quantitative estimate of drug-likeness (QED) is 0.745. The van der Waals surface area contributed by atoms with Crippen molar-refractivity contribution in [2.45, 2.75) is 37.7 Å². The summed E-state index contributed by atoms with van der Waals surface area (Å²) in [6.45, 7) is 1.30. The smallest absolute Gasteiger partial charge is 0.272 e. The van der Waals surface area contributed by atoms with Crippen LogP contribution in [0.4, 0.5) is 5.82 Å². The Morgan fingerprint density at radius 3 is 3.08 bits per heavy atom. The number of anilines is 1. The molecule has 132 valence electrons. The van der Waals surface area contributed by atoms with Crippen molar-refractivity contribution in [3.8, 4) is 0 Å². The lowest BCUT2D eigenvalue weighted by Crippen LogP contribution is -2.45. The number of aliphatic hydroxyl groups is 1. The molecule has 0 saturated carbocycles. The molecule has 8 heteroatoms. The Kier molecular flexibility index (Phi) is 4.12. The Morgan fingerprint density at radius 1 is 1.36 bits per heavy atom. The van der Waals surface area contributed by atoms with Crippen LogP contribution in [0.3, 0.4) is 0 Å². The van der Waals surface area contributed by atoms with Crippen LogP contribution < -0.4 is 10.2 Å². The van der Waals surface area contributed by atoms with E-state index in [2.05, 4.69) is 25.5 Å². The van der Waals surface area contributed by atoms with E-state index in [0.29, 0.717) is 25.2 Å². The molecular weight excluding hydrogens is 320 g/mol. The number of hydrogen-bond acceptors (Lipinski definition) is 6. The van der Waals surface area contributed by atoms with Crippen LogP contribution in [0, 0.1) is 0 Å². The van der Waals surface area contributed by atoms with Crippen molar-refractivity contribution in [2.24, 2.45) is 0 Å². The number of β-amino-alcohol motifs (C(OH)–C–C–N with tert-alkyl or cyclic N) is 1. The topological polar surface area (TPSA) is 107 Å². The van der Waals surface area contributed by atoms with E-state index in [-0.39, 0.29) is 12.5 Å².